The molecule has 0 saturated carbocycles. The number of hydrogen-bond donors (Lipinski definition) is 1. The molecule has 2 amide bonds. The number of rotatable bonds is 6. The van der Waals surface area contributed by atoms with Crippen molar-refractivity contribution < 1.29 is 9.59 Å². The molecule has 0 radical (unpaired) electrons. The van der Waals surface area contributed by atoms with Crippen LogP contribution in [0.4, 0.5) is 0 Å². The molecule has 0 atom stereocenters. The number of hydrogen-bond acceptors (Lipinski definition) is 2. The molecule has 0 fully saturated rings. The fourth-order valence-electron chi connectivity index (χ4n) is 1.59. The number of carbonyl (C=O) groups is 2. The van der Waals surface area contributed by atoms with Gasteiger partial charge in [-0.2, -0.15) is 0 Å². The first kappa shape index (κ1) is 16.0. The zero-order valence-corrected chi connectivity index (χ0v) is 11.9. The van der Waals surface area contributed by atoms with Crippen LogP contribution in [0.1, 0.15) is 5.56 Å². The molecule has 0 aliphatic carbocycles. The van der Waals surface area contributed by atoms with E-state index in [0.29, 0.717) is 18.1 Å². The number of nitrogens with one attached hydrogen (secondary N) is 1. The Balaban J connectivity index is 2.61. The van der Waals surface area contributed by atoms with Crippen LogP contribution in [-0.2, 0) is 16.1 Å². The topological polar surface area (TPSA) is 49.4 Å². The average Bonchev–Trinajstić information content (AvgIpc) is 2.45. The smallest absolute Gasteiger partial charge is 0.312 e. The summed E-state index contributed by atoms with van der Waals surface area (Å²) in [4.78, 5) is 25.1. The van der Waals surface area contributed by atoms with E-state index >= 15 is 0 Å². The Labute approximate surface area is 123 Å². The normalized spacial score (nSPS) is 9.65. The van der Waals surface area contributed by atoms with Crippen LogP contribution < -0.4 is 5.32 Å². The van der Waals surface area contributed by atoms with Crippen LogP contribution in [0.5, 0.6) is 0 Å². The second kappa shape index (κ2) is 8.17. The molecule has 1 N–H and O–H groups in total. The summed E-state index contributed by atoms with van der Waals surface area (Å²) in [6, 6.07) is 7.14. The fourth-order valence-corrected chi connectivity index (χ4v) is 1.79. The minimum absolute atomic E-state index is 0.209. The SMILES string of the molecule is C=CCN(CC=C)C(=O)C(=O)NCc1ccccc1Cl. The van der Waals surface area contributed by atoms with Gasteiger partial charge in [0.1, 0.15) is 0 Å². The maximum absolute atomic E-state index is 11.9. The van der Waals surface area contributed by atoms with E-state index < -0.39 is 11.8 Å². The molecule has 0 spiro atoms. The van der Waals surface area contributed by atoms with Crippen LogP contribution in [0, 0.1) is 0 Å². The summed E-state index contributed by atoms with van der Waals surface area (Å²) >= 11 is 5.98. The van der Waals surface area contributed by atoms with Gasteiger partial charge in [0.05, 0.1) is 0 Å². The molecule has 0 aliphatic rings. The summed E-state index contributed by atoms with van der Waals surface area (Å²) < 4.78 is 0. The van der Waals surface area contributed by atoms with Crippen LogP contribution in [0.25, 0.3) is 0 Å². The highest BCUT2D eigenvalue weighted by Crippen LogP contribution is 2.14. The third kappa shape index (κ3) is 4.55. The van der Waals surface area contributed by atoms with E-state index in [1.165, 1.54) is 4.90 Å². The van der Waals surface area contributed by atoms with Crippen molar-refractivity contribution in [1.29, 1.82) is 0 Å². The molecule has 0 saturated heterocycles. The number of benzene rings is 1. The van der Waals surface area contributed by atoms with E-state index in [1.54, 1.807) is 30.4 Å². The van der Waals surface area contributed by atoms with Crippen molar-refractivity contribution in [2.45, 2.75) is 6.54 Å². The lowest BCUT2D eigenvalue weighted by Gasteiger charge is -2.18. The first-order valence-electron chi connectivity index (χ1n) is 6.12. The van der Waals surface area contributed by atoms with Crippen LogP contribution >= 0.6 is 11.6 Å². The van der Waals surface area contributed by atoms with Crippen molar-refractivity contribution in [1.82, 2.24) is 10.2 Å². The monoisotopic (exact) mass is 292 g/mol. The Morgan fingerprint density at radius 3 is 2.35 bits per heavy atom. The van der Waals surface area contributed by atoms with Crippen LogP contribution in [0.3, 0.4) is 0 Å². The largest absolute Gasteiger partial charge is 0.344 e. The summed E-state index contributed by atoms with van der Waals surface area (Å²) in [7, 11) is 0. The van der Waals surface area contributed by atoms with Gasteiger partial charge >= 0.3 is 11.8 Å². The van der Waals surface area contributed by atoms with Crippen molar-refractivity contribution in [2.75, 3.05) is 13.1 Å². The molecular weight excluding hydrogens is 276 g/mol. The lowest BCUT2D eigenvalue weighted by molar-refractivity contribution is -0.145. The van der Waals surface area contributed by atoms with Gasteiger partial charge in [-0.15, -0.1) is 13.2 Å². The third-order valence-electron chi connectivity index (χ3n) is 2.58. The highest BCUT2D eigenvalue weighted by molar-refractivity contribution is 6.35. The number of amides is 2. The van der Waals surface area contributed by atoms with Crippen LogP contribution in [0.2, 0.25) is 5.02 Å². The number of carbonyl (C=O) groups excluding carboxylic acids is 2. The summed E-state index contributed by atoms with van der Waals surface area (Å²) in [5.41, 5.74) is 0.759. The van der Waals surface area contributed by atoms with E-state index in [4.69, 9.17) is 11.6 Å². The van der Waals surface area contributed by atoms with Crippen LogP contribution in [-0.4, -0.2) is 29.8 Å². The lowest BCUT2D eigenvalue weighted by Crippen LogP contribution is -2.42. The van der Waals surface area contributed by atoms with Gasteiger partial charge in [-0.05, 0) is 11.6 Å². The van der Waals surface area contributed by atoms with Crippen molar-refractivity contribution >= 4 is 23.4 Å². The average molecular weight is 293 g/mol. The van der Waals surface area contributed by atoms with E-state index in [1.807, 2.05) is 6.07 Å². The molecule has 0 bridgehead atoms. The highest BCUT2D eigenvalue weighted by atomic mass is 35.5. The molecule has 20 heavy (non-hydrogen) atoms. The minimum atomic E-state index is -0.673. The molecule has 106 valence electrons. The standard InChI is InChI=1S/C15H17ClN2O2/c1-3-9-18(10-4-2)15(20)14(19)17-11-12-7-5-6-8-13(12)16/h3-8H,1-2,9-11H2,(H,17,19). The summed E-state index contributed by atoms with van der Waals surface area (Å²) in [6.07, 6.45) is 3.12. The maximum atomic E-state index is 11.9. The zero-order valence-electron chi connectivity index (χ0n) is 11.1. The van der Waals surface area contributed by atoms with Gasteiger partial charge in [0, 0.05) is 24.7 Å². The van der Waals surface area contributed by atoms with Gasteiger partial charge in [0.25, 0.3) is 0 Å². The predicted octanol–water partition coefficient (Wildman–Crippen LogP) is 2.16. The first-order valence-corrected chi connectivity index (χ1v) is 6.50. The van der Waals surface area contributed by atoms with E-state index in [9.17, 15) is 9.59 Å². The van der Waals surface area contributed by atoms with Crippen LogP contribution in [0.15, 0.2) is 49.6 Å². The Bertz CT molecular complexity index is 504. The molecule has 1 aromatic carbocycles. The lowest BCUT2D eigenvalue weighted by atomic mass is 10.2. The molecule has 0 aliphatic heterocycles. The Morgan fingerprint density at radius 2 is 1.80 bits per heavy atom. The van der Waals surface area contributed by atoms with Gasteiger partial charge in [-0.25, -0.2) is 0 Å². The Kier molecular flexibility index (Phi) is 6.53. The molecule has 0 heterocycles. The number of halogens is 1. The molecule has 0 aromatic heterocycles. The molecule has 5 heteroatoms. The van der Waals surface area contributed by atoms with Crippen molar-refractivity contribution in [3.05, 3.63) is 60.2 Å². The first-order chi connectivity index (χ1) is 9.60. The van der Waals surface area contributed by atoms with Crippen molar-refractivity contribution in [2.24, 2.45) is 0 Å². The summed E-state index contributed by atoms with van der Waals surface area (Å²) in [5.74, 6) is -1.29. The Hall–Kier alpha value is -2.07. The molecule has 0 unspecified atom stereocenters. The fraction of sp³-hybridized carbons (Fsp3) is 0.200. The van der Waals surface area contributed by atoms with E-state index in [2.05, 4.69) is 18.5 Å². The maximum Gasteiger partial charge on any atom is 0.312 e. The second-order valence-corrected chi connectivity index (χ2v) is 4.47. The van der Waals surface area contributed by atoms with Crippen molar-refractivity contribution in [3.8, 4) is 0 Å². The highest BCUT2D eigenvalue weighted by Gasteiger charge is 2.19. The van der Waals surface area contributed by atoms with Gasteiger partial charge in [-0.3, -0.25) is 9.59 Å². The molecule has 4 nitrogen and oxygen atoms in total. The Morgan fingerprint density at radius 1 is 1.20 bits per heavy atom. The minimum Gasteiger partial charge on any atom is -0.344 e. The summed E-state index contributed by atoms with van der Waals surface area (Å²) in [6.45, 7) is 7.91. The van der Waals surface area contributed by atoms with Crippen molar-refractivity contribution in [3.63, 3.8) is 0 Å². The third-order valence-corrected chi connectivity index (χ3v) is 2.95. The molecule has 1 rings (SSSR count). The van der Waals surface area contributed by atoms with Gasteiger partial charge in [0.15, 0.2) is 0 Å². The van der Waals surface area contributed by atoms with Gasteiger partial charge in [-0.1, -0.05) is 42.0 Å². The zero-order chi connectivity index (χ0) is 15.0. The van der Waals surface area contributed by atoms with Gasteiger partial charge in [0.2, 0.25) is 0 Å². The molecular formula is C15H17ClN2O2. The quantitative estimate of drug-likeness (QED) is 0.645. The molecule has 1 aromatic rings. The van der Waals surface area contributed by atoms with E-state index in [0.717, 1.165) is 5.56 Å². The van der Waals surface area contributed by atoms with Gasteiger partial charge < -0.3 is 10.2 Å². The number of nitrogens with zero attached hydrogens (tertiary/aromatic N) is 1. The second-order valence-electron chi connectivity index (χ2n) is 4.06. The summed E-state index contributed by atoms with van der Waals surface area (Å²) in [5, 5.41) is 3.10. The predicted molar refractivity (Wildman–Crippen MR) is 80.3 cm³/mol. The van der Waals surface area contributed by atoms with E-state index in [-0.39, 0.29) is 6.54 Å².